The molecule has 2 aromatic rings. The zero-order valence-electron chi connectivity index (χ0n) is 8.50. The van der Waals surface area contributed by atoms with Crippen molar-refractivity contribution in [1.29, 1.82) is 0 Å². The number of aromatic nitrogens is 2. The molecule has 0 aliphatic rings. The third-order valence-corrected chi connectivity index (χ3v) is 2.44. The third kappa shape index (κ3) is 1.85. The van der Waals surface area contributed by atoms with Crippen molar-refractivity contribution in [3.63, 3.8) is 0 Å². The second-order valence-electron chi connectivity index (χ2n) is 3.46. The van der Waals surface area contributed by atoms with Gasteiger partial charge in [0.15, 0.2) is 0 Å². The predicted octanol–water partition coefficient (Wildman–Crippen LogP) is 0.757. The van der Waals surface area contributed by atoms with Crippen molar-refractivity contribution in [2.75, 3.05) is 6.54 Å². The van der Waals surface area contributed by atoms with Gasteiger partial charge < -0.3 is 10.8 Å². The molecule has 16 heavy (non-hydrogen) atoms. The number of nitrogens with zero attached hydrogens (tertiary/aromatic N) is 2. The molecule has 0 aliphatic carbocycles. The van der Waals surface area contributed by atoms with Crippen molar-refractivity contribution in [2.24, 2.45) is 5.73 Å². The van der Waals surface area contributed by atoms with Crippen LogP contribution in [0.1, 0.15) is 11.5 Å². The maximum Gasteiger partial charge on any atom is 0.312 e. The van der Waals surface area contributed by atoms with Crippen LogP contribution in [0.2, 0.25) is 0 Å². The predicted molar refractivity (Wildman–Crippen MR) is 59.0 cm³/mol. The van der Waals surface area contributed by atoms with Crippen molar-refractivity contribution in [2.45, 2.75) is 5.92 Å². The van der Waals surface area contributed by atoms with Crippen LogP contribution in [0.4, 0.5) is 0 Å². The number of hydrogen-bond acceptors (Lipinski definition) is 4. The summed E-state index contributed by atoms with van der Waals surface area (Å²) < 4.78 is 0. The second-order valence-corrected chi connectivity index (χ2v) is 3.46. The lowest BCUT2D eigenvalue weighted by Gasteiger charge is -2.09. The van der Waals surface area contributed by atoms with E-state index in [0.717, 1.165) is 10.9 Å². The molecule has 1 unspecified atom stereocenters. The Kier molecular flexibility index (Phi) is 2.78. The van der Waals surface area contributed by atoms with Crippen molar-refractivity contribution in [3.05, 3.63) is 36.3 Å². The first-order valence-electron chi connectivity index (χ1n) is 4.85. The smallest absolute Gasteiger partial charge is 0.312 e. The molecule has 0 saturated heterocycles. The molecule has 1 atom stereocenters. The largest absolute Gasteiger partial charge is 0.481 e. The normalized spacial score (nSPS) is 12.6. The fraction of sp³-hybridized carbons (Fsp3) is 0.182. The molecule has 5 nitrogen and oxygen atoms in total. The maximum atomic E-state index is 10.9. The molecule has 0 amide bonds. The quantitative estimate of drug-likeness (QED) is 0.792. The van der Waals surface area contributed by atoms with Crippen LogP contribution in [0, 0.1) is 0 Å². The Labute approximate surface area is 91.9 Å². The highest BCUT2D eigenvalue weighted by Crippen LogP contribution is 2.18. The van der Waals surface area contributed by atoms with Crippen LogP contribution < -0.4 is 5.73 Å². The summed E-state index contributed by atoms with van der Waals surface area (Å²) >= 11 is 0. The molecule has 0 fully saturated rings. The first-order valence-corrected chi connectivity index (χ1v) is 4.85. The maximum absolute atomic E-state index is 10.9. The summed E-state index contributed by atoms with van der Waals surface area (Å²) in [6, 6.07) is 3.58. The minimum atomic E-state index is -0.933. The molecule has 0 saturated carbocycles. The number of carbonyl (C=O) groups is 1. The van der Waals surface area contributed by atoms with Gasteiger partial charge >= 0.3 is 5.97 Å². The number of carboxylic acids is 1. The van der Waals surface area contributed by atoms with E-state index in [0.29, 0.717) is 5.56 Å². The summed E-state index contributed by atoms with van der Waals surface area (Å²) in [6.07, 6.45) is 4.82. The summed E-state index contributed by atoms with van der Waals surface area (Å²) in [5, 5.41) is 9.85. The molecule has 5 heteroatoms. The van der Waals surface area contributed by atoms with E-state index in [1.54, 1.807) is 24.5 Å². The molecule has 0 aliphatic heterocycles. The van der Waals surface area contributed by atoms with Crippen LogP contribution in [0.5, 0.6) is 0 Å². The van der Waals surface area contributed by atoms with Gasteiger partial charge in [-0.05, 0) is 17.7 Å². The molecule has 82 valence electrons. The molecular formula is C11H11N3O2. The van der Waals surface area contributed by atoms with E-state index < -0.39 is 11.9 Å². The monoisotopic (exact) mass is 217 g/mol. The van der Waals surface area contributed by atoms with Gasteiger partial charge in [-0.2, -0.15) is 0 Å². The number of hydrogen-bond donors (Lipinski definition) is 2. The molecule has 0 bridgehead atoms. The average molecular weight is 217 g/mol. The molecule has 0 radical (unpaired) electrons. The summed E-state index contributed by atoms with van der Waals surface area (Å²) in [5.41, 5.74) is 6.79. The van der Waals surface area contributed by atoms with Crippen LogP contribution in [-0.2, 0) is 4.79 Å². The van der Waals surface area contributed by atoms with Gasteiger partial charge in [0.05, 0.1) is 17.6 Å². The highest BCUT2D eigenvalue weighted by molar-refractivity contribution is 5.81. The van der Waals surface area contributed by atoms with Gasteiger partial charge in [0.1, 0.15) is 0 Å². The molecule has 2 heterocycles. The zero-order chi connectivity index (χ0) is 11.5. The van der Waals surface area contributed by atoms with E-state index in [9.17, 15) is 4.79 Å². The molecule has 0 aromatic carbocycles. The first-order chi connectivity index (χ1) is 7.72. The van der Waals surface area contributed by atoms with Gasteiger partial charge in [0.2, 0.25) is 0 Å². The van der Waals surface area contributed by atoms with Crippen molar-refractivity contribution < 1.29 is 9.90 Å². The second kappa shape index (κ2) is 4.24. The van der Waals surface area contributed by atoms with Crippen LogP contribution in [0.3, 0.4) is 0 Å². The lowest BCUT2D eigenvalue weighted by Crippen LogP contribution is -2.21. The Bertz CT molecular complexity index is 527. The van der Waals surface area contributed by atoms with Crippen molar-refractivity contribution in [1.82, 2.24) is 9.97 Å². The molecular weight excluding hydrogens is 206 g/mol. The van der Waals surface area contributed by atoms with E-state index in [1.165, 1.54) is 6.20 Å². The van der Waals surface area contributed by atoms with Crippen LogP contribution in [0.25, 0.3) is 10.9 Å². The Hall–Kier alpha value is -2.01. The lowest BCUT2D eigenvalue weighted by molar-refractivity contribution is -0.138. The van der Waals surface area contributed by atoms with Crippen LogP contribution >= 0.6 is 0 Å². The average Bonchev–Trinajstić information content (AvgIpc) is 2.29. The molecule has 3 N–H and O–H groups in total. The Morgan fingerprint density at radius 3 is 3.00 bits per heavy atom. The van der Waals surface area contributed by atoms with Gasteiger partial charge in [-0.3, -0.25) is 14.8 Å². The van der Waals surface area contributed by atoms with E-state index >= 15 is 0 Å². The molecule has 0 spiro atoms. The van der Waals surface area contributed by atoms with Crippen LogP contribution in [-0.4, -0.2) is 27.6 Å². The minimum absolute atomic E-state index is 0.0631. The number of fused-ring (bicyclic) bond motifs is 1. The SMILES string of the molecule is NCC(C(=O)O)c1cnc2cnccc2c1. The van der Waals surface area contributed by atoms with Gasteiger partial charge in [0.25, 0.3) is 0 Å². The van der Waals surface area contributed by atoms with Crippen LogP contribution in [0.15, 0.2) is 30.7 Å². The van der Waals surface area contributed by atoms with Crippen molar-refractivity contribution >= 4 is 16.9 Å². The number of nitrogens with two attached hydrogens (primary N) is 1. The fourth-order valence-corrected chi connectivity index (χ4v) is 1.56. The summed E-state index contributed by atoms with van der Waals surface area (Å²) in [7, 11) is 0. The molecule has 2 aromatic heterocycles. The highest BCUT2D eigenvalue weighted by Gasteiger charge is 2.18. The minimum Gasteiger partial charge on any atom is -0.481 e. The standard InChI is InChI=1S/C11H11N3O2/c12-4-9(11(15)16)8-3-7-1-2-13-6-10(7)14-5-8/h1-3,5-6,9H,4,12H2,(H,15,16). The summed E-state index contributed by atoms with van der Waals surface area (Å²) in [6.45, 7) is 0.0631. The highest BCUT2D eigenvalue weighted by atomic mass is 16.4. The Morgan fingerprint density at radius 2 is 2.31 bits per heavy atom. The Morgan fingerprint density at radius 1 is 1.50 bits per heavy atom. The summed E-state index contributed by atoms with van der Waals surface area (Å²) in [5.74, 6) is -1.64. The fourth-order valence-electron chi connectivity index (χ4n) is 1.56. The number of aliphatic carboxylic acids is 1. The Balaban J connectivity index is 2.49. The summed E-state index contributed by atoms with van der Waals surface area (Å²) in [4.78, 5) is 19.0. The van der Waals surface area contributed by atoms with E-state index in [1.807, 2.05) is 0 Å². The number of rotatable bonds is 3. The van der Waals surface area contributed by atoms with Gasteiger partial charge in [-0.1, -0.05) is 0 Å². The van der Waals surface area contributed by atoms with Gasteiger partial charge in [-0.15, -0.1) is 0 Å². The lowest BCUT2D eigenvalue weighted by atomic mass is 10.0. The third-order valence-electron chi connectivity index (χ3n) is 2.44. The van der Waals surface area contributed by atoms with E-state index in [2.05, 4.69) is 9.97 Å². The number of carboxylic acid groups (broad SMARTS) is 1. The van der Waals surface area contributed by atoms with E-state index in [-0.39, 0.29) is 6.54 Å². The van der Waals surface area contributed by atoms with E-state index in [4.69, 9.17) is 10.8 Å². The van der Waals surface area contributed by atoms with Gasteiger partial charge in [0, 0.05) is 24.3 Å². The topological polar surface area (TPSA) is 89.1 Å². The van der Waals surface area contributed by atoms with Crippen molar-refractivity contribution in [3.8, 4) is 0 Å². The zero-order valence-corrected chi connectivity index (χ0v) is 8.50. The van der Waals surface area contributed by atoms with Gasteiger partial charge in [-0.25, -0.2) is 0 Å². The first kappa shape index (κ1) is 10.5. The molecule has 2 rings (SSSR count). The number of pyridine rings is 2.